The van der Waals surface area contributed by atoms with Crippen LogP contribution in [-0.2, 0) is 16.1 Å². The smallest absolute Gasteiger partial charge is 0.235 e. The summed E-state index contributed by atoms with van der Waals surface area (Å²) < 4.78 is 0.964. The second kappa shape index (κ2) is 7.56. The van der Waals surface area contributed by atoms with Crippen molar-refractivity contribution in [1.82, 2.24) is 4.90 Å². The molecule has 5 heteroatoms. The largest absolute Gasteiger partial charge is 0.315 e. The maximum absolute atomic E-state index is 13.5. The van der Waals surface area contributed by atoms with Gasteiger partial charge >= 0.3 is 0 Å². The molecule has 1 amide bonds. The Labute approximate surface area is 169 Å². The van der Waals surface area contributed by atoms with Gasteiger partial charge in [-0.3, -0.25) is 9.69 Å². The predicted octanol–water partition coefficient (Wildman–Crippen LogP) is 4.14. The van der Waals surface area contributed by atoms with Gasteiger partial charge in [0.25, 0.3) is 0 Å². The summed E-state index contributed by atoms with van der Waals surface area (Å²) in [7, 11) is 1.78. The fraction of sp³-hybridized carbons (Fsp3) is 0.364. The lowest BCUT2D eigenvalue weighted by Crippen LogP contribution is -2.50. The molecular formula is C22H25BrN2O2. The first-order valence-electron chi connectivity index (χ1n) is 9.05. The Morgan fingerprint density at radius 3 is 2.33 bits per heavy atom. The van der Waals surface area contributed by atoms with E-state index in [-0.39, 0.29) is 5.91 Å². The number of rotatable bonds is 5. The molecule has 0 spiro atoms. The van der Waals surface area contributed by atoms with E-state index < -0.39 is 10.8 Å². The topological polar surface area (TPSA) is 40.6 Å². The molecule has 1 fully saturated rings. The molecular weight excluding hydrogens is 404 g/mol. The lowest BCUT2D eigenvalue weighted by Gasteiger charge is -2.37. The summed E-state index contributed by atoms with van der Waals surface area (Å²) in [5.74, 6) is -0.0324. The normalized spacial score (nSPS) is 25.3. The van der Waals surface area contributed by atoms with Gasteiger partial charge in [0.2, 0.25) is 5.91 Å². The molecule has 1 aliphatic rings. The zero-order chi connectivity index (χ0) is 19.7. The fourth-order valence-electron chi connectivity index (χ4n) is 3.91. The highest BCUT2D eigenvalue weighted by molar-refractivity contribution is 9.10. The number of hydrogen-bond donors (Lipinski definition) is 0. The number of halogens is 1. The van der Waals surface area contributed by atoms with Crippen LogP contribution in [0.25, 0.3) is 0 Å². The third-order valence-corrected chi connectivity index (χ3v) is 6.38. The van der Waals surface area contributed by atoms with Crippen LogP contribution in [0.2, 0.25) is 0 Å². The van der Waals surface area contributed by atoms with Gasteiger partial charge < -0.3 is 9.69 Å². The third kappa shape index (κ3) is 3.71. The number of aldehydes is 1. The van der Waals surface area contributed by atoms with E-state index in [1.54, 1.807) is 11.9 Å². The maximum Gasteiger partial charge on any atom is 0.235 e. The summed E-state index contributed by atoms with van der Waals surface area (Å²) in [4.78, 5) is 29.4. The molecule has 0 aliphatic carbocycles. The van der Waals surface area contributed by atoms with E-state index in [1.807, 2.05) is 56.3 Å². The number of hydrogen-bond acceptors (Lipinski definition) is 3. The highest BCUT2D eigenvalue weighted by Crippen LogP contribution is 2.46. The van der Waals surface area contributed by atoms with Gasteiger partial charge in [-0.05, 0) is 36.8 Å². The molecule has 4 nitrogen and oxygen atoms in total. The Kier molecular flexibility index (Phi) is 5.54. The lowest BCUT2D eigenvalue weighted by molar-refractivity contribution is -0.136. The number of carbonyl (C=O) groups excluding carboxylic acids is 2. The van der Waals surface area contributed by atoms with Gasteiger partial charge in [-0.15, -0.1) is 0 Å². The number of nitrogens with zero attached hydrogens (tertiary/aromatic N) is 2. The molecule has 0 saturated carbocycles. The van der Waals surface area contributed by atoms with Crippen LogP contribution in [0, 0.1) is 10.8 Å². The molecule has 3 rings (SSSR count). The Balaban J connectivity index is 1.85. The van der Waals surface area contributed by atoms with Crippen molar-refractivity contribution in [3.8, 4) is 0 Å². The van der Waals surface area contributed by atoms with Crippen molar-refractivity contribution in [2.45, 2.75) is 20.4 Å². The second-order valence-corrected chi connectivity index (χ2v) is 8.75. The average Bonchev–Trinajstić information content (AvgIpc) is 2.93. The lowest BCUT2D eigenvalue weighted by atomic mass is 9.68. The van der Waals surface area contributed by atoms with Gasteiger partial charge in [0.15, 0.2) is 0 Å². The molecule has 2 aromatic rings. The van der Waals surface area contributed by atoms with E-state index in [9.17, 15) is 9.59 Å². The van der Waals surface area contributed by atoms with E-state index in [1.165, 1.54) is 5.56 Å². The summed E-state index contributed by atoms with van der Waals surface area (Å²) >= 11 is 3.42. The molecule has 0 aromatic heterocycles. The fourth-order valence-corrected chi connectivity index (χ4v) is 4.17. The van der Waals surface area contributed by atoms with E-state index >= 15 is 0 Å². The number of carbonyl (C=O) groups is 2. The first-order valence-corrected chi connectivity index (χ1v) is 9.85. The van der Waals surface area contributed by atoms with Crippen LogP contribution in [0.4, 0.5) is 5.69 Å². The molecule has 0 bridgehead atoms. The molecule has 1 heterocycles. The van der Waals surface area contributed by atoms with Crippen LogP contribution in [0.15, 0.2) is 59.1 Å². The van der Waals surface area contributed by atoms with Crippen molar-refractivity contribution in [3.63, 3.8) is 0 Å². The van der Waals surface area contributed by atoms with Crippen LogP contribution in [0.5, 0.6) is 0 Å². The van der Waals surface area contributed by atoms with Gasteiger partial charge in [0.1, 0.15) is 6.29 Å². The van der Waals surface area contributed by atoms with E-state index in [4.69, 9.17) is 0 Å². The molecule has 0 N–H and O–H groups in total. The highest BCUT2D eigenvalue weighted by Gasteiger charge is 2.57. The molecule has 142 valence electrons. The Morgan fingerprint density at radius 1 is 1.11 bits per heavy atom. The number of amides is 1. The van der Waals surface area contributed by atoms with Crippen molar-refractivity contribution in [2.75, 3.05) is 25.0 Å². The summed E-state index contributed by atoms with van der Waals surface area (Å²) in [6.07, 6.45) is 0.964. The Morgan fingerprint density at radius 2 is 1.74 bits per heavy atom. The number of benzene rings is 2. The number of likely N-dealkylation sites (tertiary alicyclic amines) is 1. The predicted molar refractivity (Wildman–Crippen MR) is 112 cm³/mol. The van der Waals surface area contributed by atoms with Gasteiger partial charge in [0, 0.05) is 36.8 Å². The summed E-state index contributed by atoms with van der Waals surface area (Å²) in [6.45, 7) is 5.68. The van der Waals surface area contributed by atoms with Crippen LogP contribution < -0.4 is 4.90 Å². The summed E-state index contributed by atoms with van der Waals surface area (Å²) in [5, 5.41) is 0. The van der Waals surface area contributed by atoms with E-state index in [2.05, 4.69) is 33.0 Å². The van der Waals surface area contributed by atoms with Gasteiger partial charge in [-0.1, -0.05) is 53.2 Å². The minimum atomic E-state index is -0.786. The quantitative estimate of drug-likeness (QED) is 0.671. The minimum Gasteiger partial charge on any atom is -0.315 e. The summed E-state index contributed by atoms with van der Waals surface area (Å²) in [6, 6.07) is 17.8. The van der Waals surface area contributed by atoms with Gasteiger partial charge in [-0.25, -0.2) is 0 Å². The third-order valence-electron chi connectivity index (χ3n) is 5.85. The van der Waals surface area contributed by atoms with Crippen molar-refractivity contribution in [1.29, 1.82) is 0 Å². The van der Waals surface area contributed by atoms with Gasteiger partial charge in [0.05, 0.1) is 10.8 Å². The SMILES string of the molecule is CN(C(=O)[C@@]1(C)CN(Cc2ccccc2)C[C@@]1(C)C=O)c1ccc(Br)cc1. The monoisotopic (exact) mass is 428 g/mol. The van der Waals surface area contributed by atoms with Crippen LogP contribution in [-0.4, -0.2) is 37.2 Å². The standard InChI is InChI=1S/C22H25BrN2O2/c1-21(16-26)14-25(13-17-7-5-4-6-8-17)15-22(21,2)20(27)24(3)19-11-9-18(23)10-12-19/h4-12,16H,13-15H2,1-3H3/t21-,22+/m0/s1. The molecule has 2 aromatic carbocycles. The average molecular weight is 429 g/mol. The van der Waals surface area contributed by atoms with Crippen molar-refractivity contribution < 1.29 is 9.59 Å². The zero-order valence-electron chi connectivity index (χ0n) is 16.0. The molecule has 0 unspecified atom stereocenters. The second-order valence-electron chi connectivity index (χ2n) is 7.84. The highest BCUT2D eigenvalue weighted by atomic mass is 79.9. The van der Waals surface area contributed by atoms with E-state index in [0.29, 0.717) is 13.1 Å². The number of anilines is 1. The van der Waals surface area contributed by atoms with Gasteiger partial charge in [-0.2, -0.15) is 0 Å². The van der Waals surface area contributed by atoms with Crippen LogP contribution >= 0.6 is 15.9 Å². The van der Waals surface area contributed by atoms with Crippen LogP contribution in [0.1, 0.15) is 19.4 Å². The van der Waals surface area contributed by atoms with E-state index in [0.717, 1.165) is 23.0 Å². The molecule has 27 heavy (non-hydrogen) atoms. The zero-order valence-corrected chi connectivity index (χ0v) is 17.6. The Hall–Kier alpha value is -1.98. The molecule has 1 aliphatic heterocycles. The molecule has 1 saturated heterocycles. The first kappa shape index (κ1) is 19.8. The van der Waals surface area contributed by atoms with Crippen molar-refractivity contribution in [2.24, 2.45) is 10.8 Å². The molecule has 2 atom stereocenters. The maximum atomic E-state index is 13.5. The minimum absolute atomic E-state index is 0.0324. The first-order chi connectivity index (χ1) is 12.8. The molecule has 0 radical (unpaired) electrons. The van der Waals surface area contributed by atoms with Crippen molar-refractivity contribution in [3.05, 3.63) is 64.6 Å². The van der Waals surface area contributed by atoms with Crippen molar-refractivity contribution >= 4 is 33.8 Å². The summed E-state index contributed by atoms with van der Waals surface area (Å²) in [5.41, 5.74) is 0.483. The van der Waals surface area contributed by atoms with Crippen LogP contribution in [0.3, 0.4) is 0 Å². The Bertz CT molecular complexity index is 824.